The summed E-state index contributed by atoms with van der Waals surface area (Å²) in [6.07, 6.45) is 0.899. The minimum atomic E-state index is -0.264. The van der Waals surface area contributed by atoms with Crippen molar-refractivity contribution in [3.05, 3.63) is 29.5 Å². The molecule has 0 saturated heterocycles. The maximum Gasteiger partial charge on any atom is 0.305 e. The van der Waals surface area contributed by atoms with E-state index in [1.165, 1.54) is 7.11 Å². The van der Waals surface area contributed by atoms with Crippen LogP contribution < -0.4 is 10.2 Å². The zero-order valence-electron chi connectivity index (χ0n) is 10.5. The molecule has 2 rings (SSSR count). The van der Waals surface area contributed by atoms with Crippen LogP contribution in [0.2, 0.25) is 0 Å². The number of nitrogens with zero attached hydrogens (tertiary/aromatic N) is 3. The molecule has 0 radical (unpaired) electrons. The summed E-state index contributed by atoms with van der Waals surface area (Å²) in [5.74, 6) is -0.0151. The first-order chi connectivity index (χ1) is 9.20. The molecule has 0 atom stereocenters. The van der Waals surface area contributed by atoms with Crippen molar-refractivity contribution >= 4 is 23.0 Å². The first-order valence-corrected chi connectivity index (χ1v) is 5.88. The maximum absolute atomic E-state index is 11.6. The van der Waals surface area contributed by atoms with Gasteiger partial charge < -0.3 is 15.3 Å². The lowest BCUT2D eigenvalue weighted by Crippen LogP contribution is -2.33. The zero-order valence-corrected chi connectivity index (χ0v) is 10.5. The molecule has 19 heavy (non-hydrogen) atoms. The van der Waals surface area contributed by atoms with Crippen LogP contribution in [0, 0.1) is 5.21 Å². The van der Waals surface area contributed by atoms with Gasteiger partial charge in [0.25, 0.3) is 11.5 Å². The molecule has 0 aliphatic rings. The fourth-order valence-electron chi connectivity index (χ4n) is 1.61. The summed E-state index contributed by atoms with van der Waals surface area (Å²) in [6, 6.07) is 6.95. The molecule has 1 N–H and O–H groups in total. The molecule has 7 heteroatoms. The normalized spacial score (nSPS) is 10.4. The van der Waals surface area contributed by atoms with E-state index in [0.29, 0.717) is 35.3 Å². The highest BCUT2D eigenvalue weighted by Crippen LogP contribution is 2.07. The highest BCUT2D eigenvalue weighted by atomic mass is 16.5. The molecular formula is C12H14N4O3. The number of carbonyl (C=O) groups is 1. The fraction of sp³-hybridized carbons (Fsp3) is 0.333. The summed E-state index contributed by atoms with van der Waals surface area (Å²) < 4.78 is 4.53. The van der Waals surface area contributed by atoms with Gasteiger partial charge in [0.1, 0.15) is 5.52 Å². The van der Waals surface area contributed by atoms with E-state index < -0.39 is 0 Å². The van der Waals surface area contributed by atoms with E-state index in [1.54, 1.807) is 24.3 Å². The van der Waals surface area contributed by atoms with E-state index in [-0.39, 0.29) is 11.9 Å². The number of carbonyl (C=O) groups excluding carboxylic acids is 1. The van der Waals surface area contributed by atoms with E-state index in [9.17, 15) is 10.0 Å². The van der Waals surface area contributed by atoms with Gasteiger partial charge in [-0.05, 0) is 17.3 Å². The summed E-state index contributed by atoms with van der Waals surface area (Å²) in [4.78, 5) is 15.7. The molecular weight excluding hydrogens is 248 g/mol. The number of fused-ring (bicyclic) bond motifs is 1. The van der Waals surface area contributed by atoms with Gasteiger partial charge in [-0.25, -0.2) is 4.98 Å². The number of methoxy groups -OCH3 is 1. The average Bonchev–Trinajstić information content (AvgIpc) is 2.43. The summed E-state index contributed by atoms with van der Waals surface area (Å²) in [6.45, 7) is 0.493. The van der Waals surface area contributed by atoms with E-state index in [4.69, 9.17) is 0 Å². The van der Waals surface area contributed by atoms with Crippen LogP contribution in [-0.2, 0) is 9.53 Å². The number of benzene rings is 1. The molecule has 0 aliphatic heterocycles. The molecule has 0 fully saturated rings. The first-order valence-electron chi connectivity index (χ1n) is 5.88. The highest BCUT2D eigenvalue weighted by molar-refractivity contribution is 5.71. The lowest BCUT2D eigenvalue weighted by atomic mass is 10.3. The quantitative estimate of drug-likeness (QED) is 0.368. The Hall–Kier alpha value is -2.44. The second kappa shape index (κ2) is 5.94. The monoisotopic (exact) mass is 262 g/mol. The molecule has 1 heterocycles. The topological polar surface area (TPSA) is 91.0 Å². The Morgan fingerprint density at radius 2 is 2.26 bits per heavy atom. The number of aromatic nitrogens is 3. The molecule has 0 amide bonds. The third-order valence-corrected chi connectivity index (χ3v) is 2.57. The zero-order chi connectivity index (χ0) is 13.7. The molecule has 0 unspecified atom stereocenters. The van der Waals surface area contributed by atoms with Gasteiger partial charge in [0, 0.05) is 19.0 Å². The van der Waals surface area contributed by atoms with Gasteiger partial charge in [-0.3, -0.25) is 4.79 Å². The largest absolute Gasteiger partial charge is 0.594 e. The van der Waals surface area contributed by atoms with Crippen LogP contribution >= 0.6 is 0 Å². The molecule has 7 nitrogen and oxygen atoms in total. The molecule has 0 aliphatic carbocycles. The molecule has 0 bridgehead atoms. The summed E-state index contributed by atoms with van der Waals surface area (Å²) in [5.41, 5.74) is 0.991. The second-order valence-electron chi connectivity index (χ2n) is 3.90. The number of hydrogen-bond acceptors (Lipinski definition) is 6. The number of hydrogen-bond donors (Lipinski definition) is 1. The van der Waals surface area contributed by atoms with Gasteiger partial charge in [0.2, 0.25) is 0 Å². The Balaban J connectivity index is 1.99. The van der Waals surface area contributed by atoms with E-state index in [0.717, 1.165) is 0 Å². The van der Waals surface area contributed by atoms with Crippen molar-refractivity contribution in [1.82, 2.24) is 10.1 Å². The van der Waals surface area contributed by atoms with Gasteiger partial charge in [0.15, 0.2) is 0 Å². The minimum Gasteiger partial charge on any atom is -0.594 e. The highest BCUT2D eigenvalue weighted by Gasteiger charge is 2.09. The smallest absolute Gasteiger partial charge is 0.305 e. The number of rotatable bonds is 5. The van der Waals surface area contributed by atoms with Gasteiger partial charge in [-0.15, -0.1) is 0 Å². The van der Waals surface area contributed by atoms with Crippen LogP contribution in [0.1, 0.15) is 12.8 Å². The van der Waals surface area contributed by atoms with E-state index in [1.807, 2.05) is 0 Å². The standard InChI is InChI=1S/C12H14N4O3/c1-19-11(17)7-4-8-13-12-14-9-5-2-3-6-10(9)16(18)15-12/h2-3,5-6H,4,7-8H2,1H3,(H,13,14,15). The van der Waals surface area contributed by atoms with Crippen molar-refractivity contribution in [1.29, 1.82) is 0 Å². The number of ether oxygens (including phenoxy) is 1. The molecule has 1 aromatic heterocycles. The van der Waals surface area contributed by atoms with Gasteiger partial charge in [-0.1, -0.05) is 12.1 Å². The second-order valence-corrected chi connectivity index (χ2v) is 3.90. The van der Waals surface area contributed by atoms with Gasteiger partial charge in [0.05, 0.1) is 12.2 Å². The van der Waals surface area contributed by atoms with Gasteiger partial charge >= 0.3 is 5.97 Å². The Morgan fingerprint density at radius 1 is 1.47 bits per heavy atom. The lowest BCUT2D eigenvalue weighted by molar-refractivity contribution is -0.641. The van der Waals surface area contributed by atoms with Crippen LogP contribution in [0.4, 0.5) is 5.95 Å². The van der Waals surface area contributed by atoms with Crippen molar-refractivity contribution in [3.63, 3.8) is 0 Å². The summed E-state index contributed by atoms with van der Waals surface area (Å²) in [5, 5.41) is 18.3. The molecule has 100 valence electrons. The maximum atomic E-state index is 11.6. The number of nitrogens with one attached hydrogen (secondary N) is 1. The Labute approximate surface area is 109 Å². The summed E-state index contributed by atoms with van der Waals surface area (Å²) >= 11 is 0. The molecule has 0 spiro atoms. The predicted molar refractivity (Wildman–Crippen MR) is 68.2 cm³/mol. The van der Waals surface area contributed by atoms with Crippen molar-refractivity contribution in [2.24, 2.45) is 0 Å². The lowest BCUT2D eigenvalue weighted by Gasteiger charge is -2.04. The van der Waals surface area contributed by atoms with Crippen molar-refractivity contribution in [2.45, 2.75) is 12.8 Å². The van der Waals surface area contributed by atoms with Crippen molar-refractivity contribution in [2.75, 3.05) is 19.0 Å². The molecule has 1 aromatic carbocycles. The van der Waals surface area contributed by atoms with Crippen LogP contribution in [0.5, 0.6) is 0 Å². The number of para-hydroxylation sites is 2. The molecule has 0 saturated carbocycles. The van der Waals surface area contributed by atoms with Crippen LogP contribution in [0.25, 0.3) is 11.0 Å². The van der Waals surface area contributed by atoms with Crippen LogP contribution in [0.15, 0.2) is 24.3 Å². The number of anilines is 1. The van der Waals surface area contributed by atoms with Crippen LogP contribution in [-0.4, -0.2) is 29.7 Å². The molecule has 2 aromatic rings. The van der Waals surface area contributed by atoms with Crippen molar-refractivity contribution in [3.8, 4) is 0 Å². The van der Waals surface area contributed by atoms with Crippen molar-refractivity contribution < 1.29 is 14.4 Å². The predicted octanol–water partition coefficient (Wildman–Crippen LogP) is 0.628. The van der Waals surface area contributed by atoms with Crippen LogP contribution in [0.3, 0.4) is 0 Å². The SMILES string of the molecule is COC(=O)CCCNc1nc2ccccc2[n+]([O-])n1. The minimum absolute atomic E-state index is 0.249. The Kier molecular flexibility index (Phi) is 4.07. The number of esters is 1. The average molecular weight is 262 g/mol. The third-order valence-electron chi connectivity index (χ3n) is 2.57. The Morgan fingerprint density at radius 3 is 3.05 bits per heavy atom. The van der Waals surface area contributed by atoms with Gasteiger partial charge in [-0.2, -0.15) is 0 Å². The van der Waals surface area contributed by atoms with E-state index in [2.05, 4.69) is 20.1 Å². The Bertz CT molecular complexity index is 588. The summed E-state index contributed by atoms with van der Waals surface area (Å²) in [7, 11) is 1.35. The fourth-order valence-corrected chi connectivity index (χ4v) is 1.61. The third kappa shape index (κ3) is 3.27. The van der Waals surface area contributed by atoms with E-state index >= 15 is 0 Å². The first kappa shape index (κ1) is 13.0.